The van der Waals surface area contributed by atoms with Crippen LogP contribution in [0.25, 0.3) is 0 Å². The third kappa shape index (κ3) is 9.35. The van der Waals surface area contributed by atoms with Gasteiger partial charge in [-0.3, -0.25) is 0 Å². The lowest BCUT2D eigenvalue weighted by atomic mass is 9.61. The molecule has 0 aliphatic heterocycles. The highest BCUT2D eigenvalue weighted by molar-refractivity contribution is 6.78. The third-order valence-corrected chi connectivity index (χ3v) is 28.3. The van der Waals surface area contributed by atoms with E-state index in [-0.39, 0.29) is 17.6 Å². The Morgan fingerprint density at radius 1 is 0.875 bits per heavy atom. The van der Waals surface area contributed by atoms with Gasteiger partial charge in [-0.05, 0) is 119 Å². The number of aromatic nitrogens is 3. The van der Waals surface area contributed by atoms with Gasteiger partial charge in [0.15, 0.2) is 0 Å². The average Bonchev–Trinajstić information content (AvgIpc) is 3.71. The number of allylic oxidation sites excluding steroid dienone is 3. The molecule has 1 aromatic heterocycles. The SMILES string of the molecule is C=C1/C(=C\C=C2CCC[C@]3(C)[C@@H]([C@H](C)Cn4nncc4CC(O)(CC)CC)CC[C@@H]23)C[C@H](O[Si](C(C)C)(C(C)C)C(C)C)C[C@H]1O[Si](C(C)C)(C(C)C)C(C)C. The minimum absolute atomic E-state index is 0.00360. The maximum atomic E-state index is 11.1. The van der Waals surface area contributed by atoms with Gasteiger partial charge in [-0.15, -0.1) is 5.10 Å². The molecule has 3 fully saturated rings. The third-order valence-electron chi connectivity index (χ3n) is 16.1. The fourth-order valence-electron chi connectivity index (χ4n) is 13.0. The summed E-state index contributed by atoms with van der Waals surface area (Å²) in [5.41, 5.74) is 8.00. The molecule has 4 rings (SSSR count). The summed E-state index contributed by atoms with van der Waals surface area (Å²) in [5.74, 6) is 1.70. The van der Waals surface area contributed by atoms with Crippen LogP contribution in [0, 0.1) is 23.2 Å². The second-order valence-corrected chi connectivity index (χ2v) is 31.8. The molecule has 0 radical (unpaired) electrons. The molecule has 1 heterocycles. The maximum Gasteiger partial charge on any atom is 0.201 e. The van der Waals surface area contributed by atoms with Crippen molar-refractivity contribution in [3.63, 3.8) is 0 Å². The van der Waals surface area contributed by atoms with Crippen molar-refractivity contribution in [2.75, 3.05) is 0 Å². The van der Waals surface area contributed by atoms with Gasteiger partial charge in [-0.25, -0.2) is 4.68 Å². The molecule has 0 spiro atoms. The highest BCUT2D eigenvalue weighted by Gasteiger charge is 2.52. The van der Waals surface area contributed by atoms with Crippen LogP contribution in [0.15, 0.2) is 41.6 Å². The Balaban J connectivity index is 1.66. The van der Waals surface area contributed by atoms with Gasteiger partial charge in [0.1, 0.15) is 0 Å². The molecule has 8 heteroatoms. The van der Waals surface area contributed by atoms with Crippen LogP contribution in [0.5, 0.6) is 0 Å². The highest BCUT2D eigenvalue weighted by Crippen LogP contribution is 2.60. The summed E-state index contributed by atoms with van der Waals surface area (Å²) < 4.78 is 17.3. The lowest BCUT2D eigenvalue weighted by Crippen LogP contribution is -2.54. The van der Waals surface area contributed by atoms with Gasteiger partial charge in [0.2, 0.25) is 16.6 Å². The smallest absolute Gasteiger partial charge is 0.201 e. The first-order chi connectivity index (χ1) is 26.1. The monoisotopic (exact) mass is 810 g/mol. The van der Waals surface area contributed by atoms with Crippen LogP contribution < -0.4 is 0 Å². The van der Waals surface area contributed by atoms with Crippen LogP contribution in [0.1, 0.15) is 174 Å². The number of nitrogens with zero attached hydrogens (tertiary/aromatic N) is 3. The molecule has 0 amide bonds. The average molecular weight is 810 g/mol. The molecule has 3 saturated carbocycles. The Bertz CT molecular complexity index is 1460. The second-order valence-electron chi connectivity index (χ2n) is 21.0. The first-order valence-corrected chi connectivity index (χ1v) is 27.4. The minimum atomic E-state index is -2.16. The van der Waals surface area contributed by atoms with E-state index < -0.39 is 22.2 Å². The van der Waals surface area contributed by atoms with Crippen molar-refractivity contribution < 1.29 is 14.0 Å². The van der Waals surface area contributed by atoms with E-state index in [0.29, 0.717) is 57.4 Å². The van der Waals surface area contributed by atoms with Crippen molar-refractivity contribution in [3.8, 4) is 0 Å². The predicted octanol–water partition coefficient (Wildman–Crippen LogP) is 13.5. The Morgan fingerprint density at radius 3 is 1.96 bits per heavy atom. The summed E-state index contributed by atoms with van der Waals surface area (Å²) in [5, 5.41) is 20.0. The molecular formula is C48H87N3O3Si2. The summed E-state index contributed by atoms with van der Waals surface area (Å²) in [4.78, 5) is 0. The molecule has 320 valence electrons. The number of fused-ring (bicyclic) bond motifs is 1. The van der Waals surface area contributed by atoms with Gasteiger partial charge in [0.25, 0.3) is 0 Å². The summed E-state index contributed by atoms with van der Waals surface area (Å²) in [6, 6.07) is 0. The molecule has 0 aromatic carbocycles. The molecule has 0 saturated heterocycles. The Kier molecular flexibility index (Phi) is 16.0. The van der Waals surface area contributed by atoms with Gasteiger partial charge in [-0.1, -0.05) is 140 Å². The van der Waals surface area contributed by atoms with Gasteiger partial charge >= 0.3 is 0 Å². The first-order valence-electron chi connectivity index (χ1n) is 23.2. The topological polar surface area (TPSA) is 69.4 Å². The normalized spacial score (nSPS) is 27.7. The number of hydrogen-bond donors (Lipinski definition) is 1. The molecule has 0 unspecified atom stereocenters. The van der Waals surface area contributed by atoms with Gasteiger partial charge < -0.3 is 14.0 Å². The lowest BCUT2D eigenvalue weighted by molar-refractivity contribution is 0.0298. The van der Waals surface area contributed by atoms with Crippen LogP contribution in [0.3, 0.4) is 0 Å². The van der Waals surface area contributed by atoms with Crippen molar-refractivity contribution in [2.24, 2.45) is 23.2 Å². The second kappa shape index (κ2) is 18.9. The Morgan fingerprint density at radius 2 is 1.43 bits per heavy atom. The number of rotatable bonds is 18. The zero-order valence-corrected chi connectivity index (χ0v) is 41.2. The van der Waals surface area contributed by atoms with Crippen LogP contribution in [-0.4, -0.2) is 54.5 Å². The van der Waals surface area contributed by atoms with Crippen LogP contribution in [0.2, 0.25) is 33.2 Å². The summed E-state index contributed by atoms with van der Waals surface area (Å²) >= 11 is 0. The molecule has 6 nitrogen and oxygen atoms in total. The van der Waals surface area contributed by atoms with E-state index in [1.54, 1.807) is 5.57 Å². The summed E-state index contributed by atoms with van der Waals surface area (Å²) in [6.07, 6.45) is 17.2. The molecule has 56 heavy (non-hydrogen) atoms. The van der Waals surface area contributed by atoms with Crippen molar-refractivity contribution >= 4 is 16.6 Å². The van der Waals surface area contributed by atoms with Crippen molar-refractivity contribution in [1.82, 2.24) is 15.0 Å². The molecule has 0 bridgehead atoms. The summed E-state index contributed by atoms with van der Waals surface area (Å²) in [7, 11) is -4.26. The van der Waals surface area contributed by atoms with E-state index in [1.807, 2.05) is 6.20 Å². The zero-order valence-electron chi connectivity index (χ0n) is 39.2. The van der Waals surface area contributed by atoms with E-state index in [9.17, 15) is 5.11 Å². The molecule has 6 atom stereocenters. The Hall–Kier alpha value is -1.33. The lowest BCUT2D eigenvalue weighted by Gasteiger charge is -2.49. The Labute approximate surface area is 347 Å². The minimum Gasteiger partial charge on any atom is -0.413 e. The highest BCUT2D eigenvalue weighted by atomic mass is 28.4. The van der Waals surface area contributed by atoms with E-state index in [4.69, 9.17) is 15.4 Å². The van der Waals surface area contributed by atoms with Gasteiger partial charge in [0.05, 0.1) is 29.7 Å². The fourth-order valence-corrected chi connectivity index (χ4v) is 24.1. The van der Waals surface area contributed by atoms with Crippen molar-refractivity contribution in [1.29, 1.82) is 0 Å². The first kappa shape index (κ1) is 47.4. The van der Waals surface area contributed by atoms with Crippen LogP contribution in [-0.2, 0) is 21.8 Å². The quantitative estimate of drug-likeness (QED) is 0.150. The van der Waals surface area contributed by atoms with Crippen LogP contribution in [0.4, 0.5) is 0 Å². The molecule has 1 N–H and O–H groups in total. The van der Waals surface area contributed by atoms with Gasteiger partial charge in [0, 0.05) is 19.4 Å². The molecular weight excluding hydrogens is 723 g/mol. The largest absolute Gasteiger partial charge is 0.413 e. The van der Waals surface area contributed by atoms with E-state index >= 15 is 0 Å². The van der Waals surface area contributed by atoms with Crippen molar-refractivity contribution in [2.45, 2.75) is 233 Å². The summed E-state index contributed by atoms with van der Waals surface area (Å²) in [6.45, 7) is 43.8. The number of aliphatic hydroxyl groups is 1. The molecule has 1 aromatic rings. The standard InChI is InChI=1S/C48H87N3O3Si2/c1-18-48(52,19-2)29-42-30-49-50-51(42)31-38(15)44-24-25-45-40(21-20-26-47(44,45)17)22-23-41-27-43(53-55(32(3)4,33(5)6)34(7)8)28-46(39(41)16)54-56(35(9)10,36(11)12)37(13)14/h22-23,30,32-38,43-46,52H,16,18-21,24-29,31H2,1-15,17H3/b40-22?,41-23-/t38-,43+,44-,45+,46-,47-/m1/s1. The molecule has 3 aliphatic rings. The maximum absolute atomic E-state index is 11.1. The van der Waals surface area contributed by atoms with E-state index in [1.165, 1.54) is 43.3 Å². The fraction of sp³-hybridized carbons (Fsp3) is 0.833. The van der Waals surface area contributed by atoms with Crippen molar-refractivity contribution in [3.05, 3.63) is 47.3 Å². The molecule has 3 aliphatic carbocycles. The van der Waals surface area contributed by atoms with Crippen LogP contribution >= 0.6 is 0 Å². The number of hydrogen-bond acceptors (Lipinski definition) is 5. The predicted molar refractivity (Wildman–Crippen MR) is 243 cm³/mol. The zero-order chi connectivity index (χ0) is 42.0. The van der Waals surface area contributed by atoms with E-state index in [0.717, 1.165) is 37.9 Å². The van der Waals surface area contributed by atoms with Gasteiger partial charge in [-0.2, -0.15) is 0 Å². The van der Waals surface area contributed by atoms with E-state index in [2.05, 4.69) is 138 Å².